The number of hydrogen-bond donors (Lipinski definition) is 2. The molecule has 9 heteroatoms. The fourth-order valence-electron chi connectivity index (χ4n) is 3.08. The van der Waals surface area contributed by atoms with Crippen LogP contribution in [0.15, 0.2) is 0 Å². The van der Waals surface area contributed by atoms with Crippen molar-refractivity contribution in [2.75, 3.05) is 6.54 Å². The number of hydrogen-bond acceptors (Lipinski definition) is 3. The van der Waals surface area contributed by atoms with Gasteiger partial charge >= 0.3 is 18.1 Å². The second-order valence-corrected chi connectivity index (χ2v) is 7.79. The zero-order valence-corrected chi connectivity index (χ0v) is 13.7. The van der Waals surface area contributed by atoms with E-state index < -0.39 is 41.5 Å². The Kier molecular flexibility index (Phi) is 4.35. The SMILES string of the molecule is CC(C)(C)[C@H](NC(=O)C(F)(F)F)C(=O)N1CC2(CC2)C[C@H]1C(=O)O. The monoisotopic (exact) mass is 350 g/mol. The molecule has 2 amide bonds. The summed E-state index contributed by atoms with van der Waals surface area (Å²) in [6, 6.07) is -2.52. The molecule has 1 aliphatic heterocycles. The Bertz CT molecular complexity index is 564. The number of carboxylic acid groups (broad SMARTS) is 1. The Labute approximate surface area is 137 Å². The molecule has 6 nitrogen and oxygen atoms in total. The van der Waals surface area contributed by atoms with E-state index in [0.29, 0.717) is 6.42 Å². The molecule has 0 unspecified atom stereocenters. The van der Waals surface area contributed by atoms with Crippen LogP contribution in [0.2, 0.25) is 0 Å². The minimum Gasteiger partial charge on any atom is -0.480 e. The molecule has 1 spiro atoms. The minimum atomic E-state index is -5.11. The summed E-state index contributed by atoms with van der Waals surface area (Å²) in [5.41, 5.74) is -1.23. The lowest BCUT2D eigenvalue weighted by molar-refractivity contribution is -0.176. The molecule has 0 aromatic carbocycles. The normalized spacial score (nSPS) is 23.9. The van der Waals surface area contributed by atoms with Crippen LogP contribution in [0.1, 0.15) is 40.0 Å². The molecule has 2 atom stereocenters. The van der Waals surface area contributed by atoms with Crippen molar-refractivity contribution in [3.63, 3.8) is 0 Å². The fraction of sp³-hybridized carbons (Fsp3) is 0.800. The fourth-order valence-corrected chi connectivity index (χ4v) is 3.08. The smallest absolute Gasteiger partial charge is 0.471 e. The lowest BCUT2D eigenvalue weighted by Crippen LogP contribution is -2.58. The average Bonchev–Trinajstić information content (AvgIpc) is 3.03. The van der Waals surface area contributed by atoms with Crippen LogP contribution in [0, 0.1) is 10.8 Å². The highest BCUT2D eigenvalue weighted by Gasteiger charge is 2.57. The third-order valence-corrected chi connectivity index (χ3v) is 4.68. The Morgan fingerprint density at radius 1 is 1.21 bits per heavy atom. The van der Waals surface area contributed by atoms with Gasteiger partial charge in [0.2, 0.25) is 5.91 Å². The number of carbonyl (C=O) groups excluding carboxylic acids is 2. The first-order chi connectivity index (χ1) is 10.8. The van der Waals surface area contributed by atoms with Crippen molar-refractivity contribution in [2.45, 2.75) is 58.3 Å². The van der Waals surface area contributed by atoms with E-state index in [0.717, 1.165) is 17.7 Å². The van der Waals surface area contributed by atoms with Gasteiger partial charge in [-0.25, -0.2) is 4.79 Å². The van der Waals surface area contributed by atoms with Crippen LogP contribution >= 0.6 is 0 Å². The summed E-state index contributed by atoms with van der Waals surface area (Å²) in [5.74, 6) is -4.17. The largest absolute Gasteiger partial charge is 0.480 e. The van der Waals surface area contributed by atoms with Gasteiger partial charge in [-0.1, -0.05) is 20.8 Å². The number of likely N-dealkylation sites (tertiary alicyclic amines) is 1. The second kappa shape index (κ2) is 5.63. The maximum absolute atomic E-state index is 12.8. The van der Waals surface area contributed by atoms with Crippen LogP contribution in [0.4, 0.5) is 13.2 Å². The first kappa shape index (κ1) is 18.5. The number of alkyl halides is 3. The summed E-state index contributed by atoms with van der Waals surface area (Å²) in [7, 11) is 0. The van der Waals surface area contributed by atoms with E-state index in [1.165, 1.54) is 20.8 Å². The molecule has 0 aromatic heterocycles. The van der Waals surface area contributed by atoms with Crippen LogP contribution in [0.25, 0.3) is 0 Å². The van der Waals surface area contributed by atoms with E-state index >= 15 is 0 Å². The molecule has 0 aromatic rings. The van der Waals surface area contributed by atoms with E-state index in [-0.39, 0.29) is 12.0 Å². The maximum Gasteiger partial charge on any atom is 0.471 e. The molecular formula is C15H21F3N2O4. The van der Waals surface area contributed by atoms with Crippen LogP contribution < -0.4 is 5.32 Å². The Hall–Kier alpha value is -1.80. The highest BCUT2D eigenvalue weighted by Crippen LogP contribution is 2.55. The van der Waals surface area contributed by atoms with Crippen LogP contribution in [0.3, 0.4) is 0 Å². The van der Waals surface area contributed by atoms with Gasteiger partial charge < -0.3 is 15.3 Å². The van der Waals surface area contributed by atoms with Crippen molar-refractivity contribution < 1.29 is 32.7 Å². The molecule has 2 rings (SSSR count). The van der Waals surface area contributed by atoms with Crippen LogP contribution in [0.5, 0.6) is 0 Å². The van der Waals surface area contributed by atoms with Gasteiger partial charge in [0, 0.05) is 6.54 Å². The van der Waals surface area contributed by atoms with Gasteiger partial charge in [0.1, 0.15) is 12.1 Å². The molecule has 1 saturated heterocycles. The molecule has 0 bridgehead atoms. The van der Waals surface area contributed by atoms with Crippen molar-refractivity contribution in [2.24, 2.45) is 10.8 Å². The third-order valence-electron chi connectivity index (χ3n) is 4.68. The number of rotatable bonds is 3. The Morgan fingerprint density at radius 2 is 1.75 bits per heavy atom. The van der Waals surface area contributed by atoms with Crippen molar-refractivity contribution in [1.82, 2.24) is 10.2 Å². The lowest BCUT2D eigenvalue weighted by Gasteiger charge is -2.35. The van der Waals surface area contributed by atoms with E-state index in [1.807, 2.05) is 0 Å². The molecular weight excluding hydrogens is 329 g/mol. The van der Waals surface area contributed by atoms with Crippen LogP contribution in [-0.2, 0) is 14.4 Å². The zero-order valence-electron chi connectivity index (χ0n) is 13.7. The van der Waals surface area contributed by atoms with E-state index in [1.54, 1.807) is 5.32 Å². The molecule has 24 heavy (non-hydrogen) atoms. The number of nitrogens with zero attached hydrogens (tertiary/aromatic N) is 1. The molecule has 1 aliphatic carbocycles. The molecule has 1 heterocycles. The Balaban J connectivity index is 2.24. The highest BCUT2D eigenvalue weighted by atomic mass is 19.4. The molecule has 1 saturated carbocycles. The summed E-state index contributed by atoms with van der Waals surface area (Å²) in [5, 5.41) is 11.1. The van der Waals surface area contributed by atoms with Crippen molar-refractivity contribution in [1.29, 1.82) is 0 Å². The molecule has 2 aliphatic rings. The maximum atomic E-state index is 12.8. The quantitative estimate of drug-likeness (QED) is 0.808. The summed E-state index contributed by atoms with van der Waals surface area (Å²) in [6.45, 7) is 4.76. The van der Waals surface area contributed by atoms with Gasteiger partial charge in [0.15, 0.2) is 0 Å². The molecule has 136 valence electrons. The van der Waals surface area contributed by atoms with Gasteiger partial charge in [-0.05, 0) is 30.1 Å². The summed E-state index contributed by atoms with van der Waals surface area (Å²) < 4.78 is 37.6. The number of amides is 2. The number of halogens is 3. The van der Waals surface area contributed by atoms with Gasteiger partial charge in [0.05, 0.1) is 0 Å². The van der Waals surface area contributed by atoms with Gasteiger partial charge in [-0.3, -0.25) is 9.59 Å². The number of carboxylic acids is 1. The first-order valence-corrected chi connectivity index (χ1v) is 7.68. The van der Waals surface area contributed by atoms with Crippen molar-refractivity contribution >= 4 is 17.8 Å². The number of aliphatic carboxylic acids is 1. The average molecular weight is 350 g/mol. The zero-order chi connectivity index (χ0) is 18.5. The summed E-state index contributed by atoms with van der Waals surface area (Å²) >= 11 is 0. The lowest BCUT2D eigenvalue weighted by atomic mass is 9.85. The minimum absolute atomic E-state index is 0.206. The summed E-state index contributed by atoms with van der Waals surface area (Å²) in [4.78, 5) is 36.6. The number of nitrogens with one attached hydrogen (secondary N) is 1. The van der Waals surface area contributed by atoms with Gasteiger partial charge in [-0.2, -0.15) is 13.2 Å². The third kappa shape index (κ3) is 3.64. The van der Waals surface area contributed by atoms with Gasteiger partial charge in [-0.15, -0.1) is 0 Å². The van der Waals surface area contributed by atoms with Gasteiger partial charge in [0.25, 0.3) is 0 Å². The van der Waals surface area contributed by atoms with Crippen LogP contribution in [-0.4, -0.2) is 52.6 Å². The van der Waals surface area contributed by atoms with Crippen molar-refractivity contribution in [3.05, 3.63) is 0 Å². The Morgan fingerprint density at radius 3 is 2.12 bits per heavy atom. The molecule has 2 fully saturated rings. The molecule has 0 radical (unpaired) electrons. The predicted molar refractivity (Wildman–Crippen MR) is 76.9 cm³/mol. The topological polar surface area (TPSA) is 86.7 Å². The second-order valence-electron chi connectivity index (χ2n) is 7.79. The number of carbonyl (C=O) groups is 3. The summed E-state index contributed by atoms with van der Waals surface area (Å²) in [6.07, 6.45) is -3.21. The first-order valence-electron chi connectivity index (χ1n) is 7.68. The standard InChI is InChI=1S/C15H21F3N2O4/c1-13(2,3)9(19-12(24)15(16,17)18)10(21)20-7-14(4-5-14)6-8(20)11(22)23/h8-9H,4-7H2,1-3H3,(H,19,24)(H,22,23)/t8-,9+/m0/s1. The highest BCUT2D eigenvalue weighted by molar-refractivity contribution is 5.93. The van der Waals surface area contributed by atoms with E-state index in [4.69, 9.17) is 0 Å². The van der Waals surface area contributed by atoms with Crippen molar-refractivity contribution in [3.8, 4) is 0 Å². The molecule has 2 N–H and O–H groups in total. The van der Waals surface area contributed by atoms with E-state index in [2.05, 4.69) is 0 Å². The van der Waals surface area contributed by atoms with E-state index in [9.17, 15) is 32.7 Å². The predicted octanol–water partition coefficient (Wildman–Crippen LogP) is 1.55.